The molecule has 0 unspecified atom stereocenters. The molecule has 0 radical (unpaired) electrons. The van der Waals surface area contributed by atoms with Crippen molar-refractivity contribution in [3.63, 3.8) is 0 Å². The first-order valence-corrected chi connectivity index (χ1v) is 9.85. The number of rotatable bonds is 4. The molecule has 1 aliphatic heterocycles. The topological polar surface area (TPSA) is 111 Å². The van der Waals surface area contributed by atoms with E-state index in [2.05, 4.69) is 27.3 Å². The molecular formula is C20H23N7O2. The zero-order valence-electron chi connectivity index (χ0n) is 16.3. The highest BCUT2D eigenvalue weighted by Gasteiger charge is 2.25. The molecular weight excluding hydrogens is 370 g/mol. The summed E-state index contributed by atoms with van der Waals surface area (Å²) in [7, 11) is 2.07. The fourth-order valence-electron chi connectivity index (χ4n) is 3.73. The molecule has 1 fully saturated rings. The van der Waals surface area contributed by atoms with Crippen LogP contribution in [0.2, 0.25) is 0 Å². The van der Waals surface area contributed by atoms with Gasteiger partial charge in [-0.25, -0.2) is 9.50 Å². The first-order chi connectivity index (χ1) is 14.1. The molecule has 5 rings (SSSR count). The number of aromatic nitrogens is 4. The number of nitrogen functional groups attached to an aromatic ring is 1. The molecule has 1 saturated carbocycles. The highest BCUT2D eigenvalue weighted by molar-refractivity contribution is 6.12. The Hall–Kier alpha value is -3.20. The molecule has 9 nitrogen and oxygen atoms in total. The summed E-state index contributed by atoms with van der Waals surface area (Å²) in [6, 6.07) is 1.76. The first kappa shape index (κ1) is 17.9. The lowest BCUT2D eigenvalue weighted by Crippen LogP contribution is -2.28. The molecule has 0 saturated heterocycles. The van der Waals surface area contributed by atoms with Gasteiger partial charge in [0.1, 0.15) is 17.0 Å². The number of nitrogens with zero attached hydrogens (tertiary/aromatic N) is 5. The Morgan fingerprint density at radius 1 is 1.38 bits per heavy atom. The Morgan fingerprint density at radius 3 is 3.03 bits per heavy atom. The minimum atomic E-state index is -0.371. The molecule has 0 aromatic carbocycles. The van der Waals surface area contributed by atoms with Crippen molar-refractivity contribution < 1.29 is 9.53 Å². The summed E-state index contributed by atoms with van der Waals surface area (Å²) < 4.78 is 7.57. The predicted molar refractivity (Wildman–Crippen MR) is 108 cm³/mol. The Bertz CT molecular complexity index is 1090. The van der Waals surface area contributed by atoms with Gasteiger partial charge >= 0.3 is 0 Å². The molecule has 4 heterocycles. The Kier molecular flexibility index (Phi) is 4.31. The summed E-state index contributed by atoms with van der Waals surface area (Å²) in [5.74, 6) is 0.391. The lowest BCUT2D eigenvalue weighted by atomic mass is 9.96. The van der Waals surface area contributed by atoms with Crippen LogP contribution in [-0.2, 0) is 13.0 Å². The third-order valence-electron chi connectivity index (χ3n) is 5.57. The van der Waals surface area contributed by atoms with E-state index in [1.807, 2.05) is 6.20 Å². The third-order valence-corrected chi connectivity index (χ3v) is 5.57. The molecule has 1 amide bonds. The Balaban J connectivity index is 1.46. The van der Waals surface area contributed by atoms with E-state index in [1.165, 1.54) is 6.42 Å². The van der Waals surface area contributed by atoms with Crippen molar-refractivity contribution in [1.29, 1.82) is 0 Å². The number of fused-ring (bicyclic) bond motifs is 2. The summed E-state index contributed by atoms with van der Waals surface area (Å²) in [6.45, 7) is 1.73. The quantitative estimate of drug-likeness (QED) is 0.696. The number of anilines is 2. The van der Waals surface area contributed by atoms with Crippen molar-refractivity contribution in [2.45, 2.75) is 38.3 Å². The summed E-state index contributed by atoms with van der Waals surface area (Å²) in [4.78, 5) is 24.1. The van der Waals surface area contributed by atoms with Crippen molar-refractivity contribution in [2.75, 3.05) is 24.6 Å². The first-order valence-electron chi connectivity index (χ1n) is 9.85. The zero-order chi connectivity index (χ0) is 20.0. The number of hydrogen-bond acceptors (Lipinski definition) is 7. The van der Waals surface area contributed by atoms with Crippen LogP contribution >= 0.6 is 0 Å². The van der Waals surface area contributed by atoms with Gasteiger partial charge in [0.25, 0.3) is 5.91 Å². The maximum Gasteiger partial charge on any atom is 0.263 e. The van der Waals surface area contributed by atoms with E-state index in [9.17, 15) is 4.79 Å². The van der Waals surface area contributed by atoms with Gasteiger partial charge in [0.05, 0.1) is 18.0 Å². The number of nitrogens with one attached hydrogen (secondary N) is 1. The molecule has 2 aliphatic rings. The van der Waals surface area contributed by atoms with Crippen LogP contribution in [-0.4, -0.2) is 50.1 Å². The van der Waals surface area contributed by atoms with Crippen LogP contribution in [0, 0.1) is 0 Å². The van der Waals surface area contributed by atoms with E-state index < -0.39 is 0 Å². The second-order valence-electron chi connectivity index (χ2n) is 7.73. The standard InChI is InChI=1S/C20H23N7O2/c1-26-8-6-14-12(10-26)11-27-19(23-14)17(18(21)25-27)20(28)24-15-9-22-7-5-16(15)29-13-3-2-4-13/h5,7,9,11,13H,2-4,6,8,10H2,1H3,(H2,21,25)(H,24,28). The van der Waals surface area contributed by atoms with E-state index in [-0.39, 0.29) is 23.4 Å². The molecule has 29 heavy (non-hydrogen) atoms. The molecule has 1 aliphatic carbocycles. The zero-order valence-corrected chi connectivity index (χ0v) is 16.3. The second-order valence-corrected chi connectivity index (χ2v) is 7.73. The maximum atomic E-state index is 13.1. The highest BCUT2D eigenvalue weighted by atomic mass is 16.5. The number of carbonyl (C=O) groups is 1. The number of carbonyl (C=O) groups excluding carboxylic acids is 1. The molecule has 3 aromatic heterocycles. The van der Waals surface area contributed by atoms with Crippen molar-refractivity contribution in [3.05, 3.63) is 41.5 Å². The van der Waals surface area contributed by atoms with Crippen LogP contribution in [0.15, 0.2) is 24.7 Å². The number of ether oxygens (including phenoxy) is 1. The largest absolute Gasteiger partial charge is 0.488 e. The number of likely N-dealkylation sites (N-methyl/N-ethyl adjacent to an activating group) is 1. The summed E-state index contributed by atoms with van der Waals surface area (Å²) >= 11 is 0. The van der Waals surface area contributed by atoms with Crippen LogP contribution in [0.1, 0.15) is 40.9 Å². The monoisotopic (exact) mass is 393 g/mol. The molecule has 0 bridgehead atoms. The van der Waals surface area contributed by atoms with Gasteiger partial charge in [-0.1, -0.05) is 0 Å². The molecule has 0 spiro atoms. The van der Waals surface area contributed by atoms with Gasteiger partial charge in [-0.2, -0.15) is 0 Å². The van der Waals surface area contributed by atoms with E-state index in [1.54, 1.807) is 23.0 Å². The highest BCUT2D eigenvalue weighted by Crippen LogP contribution is 2.31. The molecule has 150 valence electrons. The number of pyridine rings is 1. The van der Waals surface area contributed by atoms with Crippen LogP contribution in [0.5, 0.6) is 5.75 Å². The molecule has 9 heteroatoms. The van der Waals surface area contributed by atoms with Gasteiger partial charge in [-0.3, -0.25) is 9.78 Å². The summed E-state index contributed by atoms with van der Waals surface area (Å²) in [5, 5.41) is 7.19. The van der Waals surface area contributed by atoms with Crippen molar-refractivity contribution in [1.82, 2.24) is 24.5 Å². The third kappa shape index (κ3) is 3.27. The molecule has 3 aromatic rings. The lowest BCUT2D eigenvalue weighted by Gasteiger charge is -2.27. The van der Waals surface area contributed by atoms with Crippen LogP contribution in [0.4, 0.5) is 11.5 Å². The van der Waals surface area contributed by atoms with E-state index in [4.69, 9.17) is 15.5 Å². The fourth-order valence-corrected chi connectivity index (χ4v) is 3.73. The minimum Gasteiger partial charge on any atom is -0.488 e. The van der Waals surface area contributed by atoms with Gasteiger partial charge in [0.15, 0.2) is 11.5 Å². The van der Waals surface area contributed by atoms with E-state index >= 15 is 0 Å². The normalized spacial score (nSPS) is 17.0. The molecule has 3 N–H and O–H groups in total. The molecule has 0 atom stereocenters. The van der Waals surface area contributed by atoms with Gasteiger partial charge in [0.2, 0.25) is 0 Å². The van der Waals surface area contributed by atoms with Gasteiger partial charge in [-0.15, -0.1) is 5.10 Å². The second kappa shape index (κ2) is 7.00. The van der Waals surface area contributed by atoms with Crippen molar-refractivity contribution >= 4 is 23.1 Å². The Labute approximate surface area is 167 Å². The Morgan fingerprint density at radius 2 is 2.24 bits per heavy atom. The van der Waals surface area contributed by atoms with Crippen molar-refractivity contribution in [3.8, 4) is 5.75 Å². The fraction of sp³-hybridized carbons (Fsp3) is 0.400. The van der Waals surface area contributed by atoms with Crippen LogP contribution in [0.25, 0.3) is 5.65 Å². The van der Waals surface area contributed by atoms with Gasteiger partial charge < -0.3 is 20.7 Å². The van der Waals surface area contributed by atoms with Gasteiger partial charge in [0, 0.05) is 43.5 Å². The maximum absolute atomic E-state index is 13.1. The minimum absolute atomic E-state index is 0.149. The number of hydrogen-bond donors (Lipinski definition) is 2. The summed E-state index contributed by atoms with van der Waals surface area (Å²) in [6.07, 6.45) is 9.40. The van der Waals surface area contributed by atoms with E-state index in [0.29, 0.717) is 17.1 Å². The van der Waals surface area contributed by atoms with Crippen LogP contribution < -0.4 is 15.8 Å². The predicted octanol–water partition coefficient (Wildman–Crippen LogP) is 1.88. The average Bonchev–Trinajstić information content (AvgIpc) is 2.98. The average molecular weight is 393 g/mol. The van der Waals surface area contributed by atoms with Gasteiger partial charge in [-0.05, 0) is 26.3 Å². The SMILES string of the molecule is CN1CCc2nc3c(C(=O)Nc4cnccc4OC4CCC4)c(N)nn3cc2C1. The van der Waals surface area contributed by atoms with Crippen LogP contribution in [0.3, 0.4) is 0 Å². The number of amides is 1. The smallest absolute Gasteiger partial charge is 0.263 e. The number of nitrogens with two attached hydrogens (primary N) is 1. The van der Waals surface area contributed by atoms with E-state index in [0.717, 1.165) is 43.6 Å². The lowest BCUT2D eigenvalue weighted by molar-refractivity contribution is 0.102. The van der Waals surface area contributed by atoms with Crippen molar-refractivity contribution in [2.24, 2.45) is 0 Å². The summed E-state index contributed by atoms with van der Waals surface area (Å²) in [5.41, 5.74) is 9.43.